The lowest BCUT2D eigenvalue weighted by Crippen LogP contribution is -2.19. The van der Waals surface area contributed by atoms with Gasteiger partial charge in [0.15, 0.2) is 0 Å². The summed E-state index contributed by atoms with van der Waals surface area (Å²) in [6.07, 6.45) is 1.94. The molecule has 1 aliphatic rings. The van der Waals surface area contributed by atoms with E-state index in [0.29, 0.717) is 6.42 Å². The number of carbonyl (C=O) groups is 2. The molecule has 2 aromatic carbocycles. The standard InChI is InChI=1S/C23H24O4/c1-23(2,3)13-12-19(21(24)25)22(26)27-14-20-17-10-6-4-8-15(17)16-9-5-7-11-18(16)20/h4-12,20H,13-14H2,1-3H3,(H,24,25). The van der Waals surface area contributed by atoms with E-state index in [9.17, 15) is 14.7 Å². The number of carboxylic acids is 1. The fraction of sp³-hybridized carbons (Fsp3) is 0.304. The van der Waals surface area contributed by atoms with E-state index in [1.165, 1.54) is 6.08 Å². The lowest BCUT2D eigenvalue weighted by atomic mass is 9.91. The first kappa shape index (κ1) is 18.9. The van der Waals surface area contributed by atoms with E-state index in [0.717, 1.165) is 22.3 Å². The van der Waals surface area contributed by atoms with E-state index in [4.69, 9.17) is 4.74 Å². The van der Waals surface area contributed by atoms with Crippen LogP contribution in [-0.2, 0) is 14.3 Å². The molecule has 0 saturated heterocycles. The smallest absolute Gasteiger partial charge is 0.345 e. The van der Waals surface area contributed by atoms with Gasteiger partial charge in [0.2, 0.25) is 0 Å². The predicted octanol–water partition coefficient (Wildman–Crippen LogP) is 4.79. The number of ether oxygens (including phenoxy) is 1. The topological polar surface area (TPSA) is 63.6 Å². The van der Waals surface area contributed by atoms with E-state index in [1.54, 1.807) is 0 Å². The highest BCUT2D eigenvalue weighted by Gasteiger charge is 2.30. The number of fused-ring (bicyclic) bond motifs is 3. The van der Waals surface area contributed by atoms with Gasteiger partial charge in [0.25, 0.3) is 0 Å². The van der Waals surface area contributed by atoms with E-state index in [-0.39, 0.29) is 23.5 Å². The van der Waals surface area contributed by atoms with Crippen LogP contribution in [0.25, 0.3) is 11.1 Å². The maximum absolute atomic E-state index is 12.4. The molecule has 27 heavy (non-hydrogen) atoms. The molecule has 0 unspecified atom stereocenters. The second kappa shape index (κ2) is 7.39. The van der Waals surface area contributed by atoms with Crippen molar-refractivity contribution in [1.29, 1.82) is 0 Å². The predicted molar refractivity (Wildman–Crippen MR) is 104 cm³/mol. The summed E-state index contributed by atoms with van der Waals surface area (Å²) in [6.45, 7) is 6.08. The average Bonchev–Trinajstić information content (AvgIpc) is 2.93. The number of carbonyl (C=O) groups excluding carboxylic acids is 1. The number of aliphatic carboxylic acids is 1. The number of carboxylic acid groups (broad SMARTS) is 1. The van der Waals surface area contributed by atoms with Crippen LogP contribution in [0.3, 0.4) is 0 Å². The molecule has 0 fully saturated rings. The molecule has 0 saturated carbocycles. The largest absolute Gasteiger partial charge is 0.477 e. The Morgan fingerprint density at radius 3 is 2.00 bits per heavy atom. The number of allylic oxidation sites excluding steroid dienone is 1. The van der Waals surface area contributed by atoms with Crippen molar-refractivity contribution in [2.24, 2.45) is 5.41 Å². The Bertz CT molecular complexity index is 857. The molecule has 0 heterocycles. The van der Waals surface area contributed by atoms with Crippen LogP contribution in [0, 0.1) is 5.41 Å². The van der Waals surface area contributed by atoms with Crippen LogP contribution in [-0.4, -0.2) is 23.7 Å². The highest BCUT2D eigenvalue weighted by Crippen LogP contribution is 2.44. The van der Waals surface area contributed by atoms with Gasteiger partial charge in [-0.25, -0.2) is 9.59 Å². The Hall–Kier alpha value is -2.88. The molecular formula is C23H24O4. The molecule has 0 atom stereocenters. The molecule has 0 aliphatic heterocycles. The van der Waals surface area contributed by atoms with Gasteiger partial charge in [0.05, 0.1) is 0 Å². The molecule has 0 amide bonds. The van der Waals surface area contributed by atoms with Gasteiger partial charge in [-0.05, 0) is 34.1 Å². The maximum Gasteiger partial charge on any atom is 0.345 e. The van der Waals surface area contributed by atoms with Gasteiger partial charge in [-0.2, -0.15) is 0 Å². The molecule has 0 spiro atoms. The van der Waals surface area contributed by atoms with Gasteiger partial charge in [-0.15, -0.1) is 0 Å². The fourth-order valence-corrected chi connectivity index (χ4v) is 3.34. The Kier molecular flexibility index (Phi) is 5.17. The van der Waals surface area contributed by atoms with Crippen molar-refractivity contribution < 1.29 is 19.4 Å². The summed E-state index contributed by atoms with van der Waals surface area (Å²) in [5, 5.41) is 9.38. The van der Waals surface area contributed by atoms with Crippen LogP contribution in [0.5, 0.6) is 0 Å². The molecule has 140 valence electrons. The number of rotatable bonds is 5. The molecule has 0 bridgehead atoms. The van der Waals surface area contributed by atoms with Gasteiger partial charge in [-0.3, -0.25) is 0 Å². The van der Waals surface area contributed by atoms with E-state index in [1.807, 2.05) is 57.2 Å². The Morgan fingerprint density at radius 1 is 1.00 bits per heavy atom. The summed E-state index contributed by atoms with van der Waals surface area (Å²) in [6, 6.07) is 16.1. The number of hydrogen-bond acceptors (Lipinski definition) is 3. The SMILES string of the molecule is CC(C)(C)CC=C(C(=O)O)C(=O)OCC1c2ccccc2-c2ccccc21. The van der Waals surface area contributed by atoms with Crippen LogP contribution >= 0.6 is 0 Å². The van der Waals surface area contributed by atoms with Crippen LogP contribution in [0.2, 0.25) is 0 Å². The van der Waals surface area contributed by atoms with Crippen molar-refractivity contribution in [1.82, 2.24) is 0 Å². The fourth-order valence-electron chi connectivity index (χ4n) is 3.34. The zero-order valence-electron chi connectivity index (χ0n) is 15.9. The van der Waals surface area contributed by atoms with E-state index >= 15 is 0 Å². The third kappa shape index (κ3) is 4.11. The summed E-state index contributed by atoms with van der Waals surface area (Å²) >= 11 is 0. The summed E-state index contributed by atoms with van der Waals surface area (Å²) in [5.41, 5.74) is 4.06. The van der Waals surface area contributed by atoms with E-state index in [2.05, 4.69) is 12.1 Å². The summed E-state index contributed by atoms with van der Waals surface area (Å²) in [5.74, 6) is -2.12. The van der Waals surface area contributed by atoms with Crippen LogP contribution < -0.4 is 0 Å². The van der Waals surface area contributed by atoms with Crippen LogP contribution in [0.1, 0.15) is 44.2 Å². The highest BCUT2D eigenvalue weighted by molar-refractivity contribution is 6.13. The lowest BCUT2D eigenvalue weighted by Gasteiger charge is -2.16. The second-order valence-corrected chi connectivity index (χ2v) is 8.01. The van der Waals surface area contributed by atoms with Crippen molar-refractivity contribution in [2.45, 2.75) is 33.1 Å². The van der Waals surface area contributed by atoms with Gasteiger partial charge in [-0.1, -0.05) is 75.4 Å². The van der Waals surface area contributed by atoms with Crippen molar-refractivity contribution >= 4 is 11.9 Å². The van der Waals surface area contributed by atoms with Crippen molar-refractivity contribution in [2.75, 3.05) is 6.61 Å². The van der Waals surface area contributed by atoms with Crippen LogP contribution in [0.4, 0.5) is 0 Å². The molecule has 1 N–H and O–H groups in total. The average molecular weight is 364 g/mol. The minimum Gasteiger partial charge on any atom is -0.477 e. The zero-order valence-corrected chi connectivity index (χ0v) is 15.9. The summed E-state index contributed by atoms with van der Waals surface area (Å²) in [7, 11) is 0. The molecule has 1 aliphatic carbocycles. The minimum absolute atomic E-state index is 0.0842. The minimum atomic E-state index is -1.25. The molecule has 0 radical (unpaired) electrons. The number of hydrogen-bond donors (Lipinski definition) is 1. The zero-order chi connectivity index (χ0) is 19.6. The first-order valence-corrected chi connectivity index (χ1v) is 9.07. The van der Waals surface area contributed by atoms with Gasteiger partial charge >= 0.3 is 11.9 Å². The second-order valence-electron chi connectivity index (χ2n) is 8.01. The molecule has 4 nitrogen and oxygen atoms in total. The lowest BCUT2D eigenvalue weighted by molar-refractivity contribution is -0.144. The monoisotopic (exact) mass is 364 g/mol. The maximum atomic E-state index is 12.4. The first-order chi connectivity index (χ1) is 12.8. The number of benzene rings is 2. The third-order valence-electron chi connectivity index (χ3n) is 4.71. The Morgan fingerprint density at radius 2 is 1.52 bits per heavy atom. The van der Waals surface area contributed by atoms with Crippen molar-refractivity contribution in [3.8, 4) is 11.1 Å². The molecule has 0 aromatic heterocycles. The van der Waals surface area contributed by atoms with Gasteiger partial charge in [0.1, 0.15) is 12.2 Å². The summed E-state index contributed by atoms with van der Waals surface area (Å²) in [4.78, 5) is 23.9. The molecule has 4 heteroatoms. The molecular weight excluding hydrogens is 340 g/mol. The van der Waals surface area contributed by atoms with E-state index < -0.39 is 11.9 Å². The summed E-state index contributed by atoms with van der Waals surface area (Å²) < 4.78 is 5.44. The number of esters is 1. The normalized spacial score (nSPS) is 13.8. The van der Waals surface area contributed by atoms with Gasteiger partial charge < -0.3 is 9.84 Å². The highest BCUT2D eigenvalue weighted by atomic mass is 16.5. The Labute approximate surface area is 159 Å². The van der Waals surface area contributed by atoms with Crippen molar-refractivity contribution in [3.05, 3.63) is 71.3 Å². The quantitative estimate of drug-likeness (QED) is 0.359. The first-order valence-electron chi connectivity index (χ1n) is 9.07. The van der Waals surface area contributed by atoms with Gasteiger partial charge in [0, 0.05) is 5.92 Å². The van der Waals surface area contributed by atoms with Crippen LogP contribution in [0.15, 0.2) is 60.2 Å². The Balaban J connectivity index is 1.80. The third-order valence-corrected chi connectivity index (χ3v) is 4.71. The van der Waals surface area contributed by atoms with Crippen molar-refractivity contribution in [3.63, 3.8) is 0 Å². The molecule has 2 aromatic rings. The molecule has 3 rings (SSSR count).